The Hall–Kier alpha value is -3.83. The van der Waals surface area contributed by atoms with E-state index in [0.29, 0.717) is 34.5 Å². The van der Waals surface area contributed by atoms with Crippen LogP contribution in [0.5, 0.6) is 0 Å². The van der Waals surface area contributed by atoms with Gasteiger partial charge in [0.25, 0.3) is 5.91 Å². The number of likely N-dealkylation sites (N-methyl/N-ethyl adjacent to an activating group) is 1. The summed E-state index contributed by atoms with van der Waals surface area (Å²) in [6.07, 6.45) is 3.55. The standard InChI is InChI=1S/C28H26BrF2N5O3/c1-32-24-12-18(23(31)13-25(24)33-16-37)10-11-35-26(38)15-39-28(35)22-14-36(21-8-4-19(29)5-9-21)34-27(22)17-2-6-20(30)7-3-17/h2-9,12,14,16,25,28,32H,10-11,13,15H2,1H3,(H,33,37)/t25?,28-/m0/s1. The summed E-state index contributed by atoms with van der Waals surface area (Å²) in [6, 6.07) is 13.1. The fourth-order valence-corrected chi connectivity index (χ4v) is 5.06. The van der Waals surface area contributed by atoms with Crippen LogP contribution in [0.4, 0.5) is 8.78 Å². The van der Waals surface area contributed by atoms with Crippen LogP contribution in [0.15, 0.2) is 82.4 Å². The number of nitrogens with one attached hydrogen (secondary N) is 2. The molecule has 39 heavy (non-hydrogen) atoms. The summed E-state index contributed by atoms with van der Waals surface area (Å²) in [5.74, 6) is -0.937. The molecule has 2 N–H and O–H groups in total. The number of halogens is 3. The molecule has 2 heterocycles. The van der Waals surface area contributed by atoms with Gasteiger partial charge in [-0.05, 0) is 66.6 Å². The van der Waals surface area contributed by atoms with Crippen LogP contribution in [0.2, 0.25) is 0 Å². The predicted molar refractivity (Wildman–Crippen MR) is 145 cm³/mol. The molecule has 1 unspecified atom stereocenters. The van der Waals surface area contributed by atoms with Crippen LogP contribution < -0.4 is 10.6 Å². The minimum atomic E-state index is -0.758. The lowest BCUT2D eigenvalue weighted by atomic mass is 9.96. The Morgan fingerprint density at radius 3 is 2.59 bits per heavy atom. The number of nitrogens with zero attached hydrogens (tertiary/aromatic N) is 3. The molecule has 11 heteroatoms. The number of hydrogen-bond acceptors (Lipinski definition) is 5. The van der Waals surface area contributed by atoms with Gasteiger partial charge in [0.05, 0.1) is 11.7 Å². The second-order valence-corrected chi connectivity index (χ2v) is 10.1. The molecule has 202 valence electrons. The maximum atomic E-state index is 14.9. The lowest BCUT2D eigenvalue weighted by Crippen LogP contribution is -2.37. The molecule has 1 aliphatic carbocycles. The Bertz CT molecular complexity index is 1440. The summed E-state index contributed by atoms with van der Waals surface area (Å²) >= 11 is 3.44. The molecule has 0 saturated carbocycles. The van der Waals surface area contributed by atoms with Gasteiger partial charge in [-0.1, -0.05) is 15.9 Å². The number of allylic oxidation sites excluding steroid dienone is 1. The molecule has 3 aromatic rings. The average Bonchev–Trinajstić information content (AvgIpc) is 3.53. The maximum Gasteiger partial charge on any atom is 0.250 e. The van der Waals surface area contributed by atoms with E-state index in [1.165, 1.54) is 12.1 Å². The van der Waals surface area contributed by atoms with E-state index in [-0.39, 0.29) is 43.5 Å². The first kappa shape index (κ1) is 26.8. The molecule has 0 bridgehead atoms. The van der Waals surface area contributed by atoms with Gasteiger partial charge in [0.2, 0.25) is 6.41 Å². The Morgan fingerprint density at radius 2 is 1.90 bits per heavy atom. The molecule has 1 aliphatic heterocycles. The summed E-state index contributed by atoms with van der Waals surface area (Å²) < 4.78 is 37.2. The fourth-order valence-electron chi connectivity index (χ4n) is 4.79. The van der Waals surface area contributed by atoms with Crippen molar-refractivity contribution in [1.82, 2.24) is 25.3 Å². The van der Waals surface area contributed by atoms with Crippen LogP contribution >= 0.6 is 15.9 Å². The molecule has 5 rings (SSSR count). The molecule has 0 radical (unpaired) electrons. The van der Waals surface area contributed by atoms with E-state index in [4.69, 9.17) is 9.84 Å². The third-order valence-corrected chi connectivity index (χ3v) is 7.33. The Labute approximate surface area is 232 Å². The van der Waals surface area contributed by atoms with Crippen LogP contribution in [0.3, 0.4) is 0 Å². The highest BCUT2D eigenvalue weighted by Crippen LogP contribution is 2.36. The van der Waals surface area contributed by atoms with Crippen LogP contribution in [-0.4, -0.2) is 53.2 Å². The van der Waals surface area contributed by atoms with Gasteiger partial charge in [-0.3, -0.25) is 9.59 Å². The normalized spacial score (nSPS) is 19.3. The molecule has 1 aromatic heterocycles. The minimum absolute atomic E-state index is 0.0310. The number of rotatable bonds is 9. The van der Waals surface area contributed by atoms with Crippen molar-refractivity contribution in [3.8, 4) is 16.9 Å². The van der Waals surface area contributed by atoms with Crippen molar-refractivity contribution >= 4 is 28.2 Å². The summed E-state index contributed by atoms with van der Waals surface area (Å²) in [7, 11) is 1.71. The first-order valence-electron chi connectivity index (χ1n) is 12.4. The number of carbonyl (C=O) groups is 2. The Kier molecular flexibility index (Phi) is 7.89. The highest BCUT2D eigenvalue weighted by Gasteiger charge is 2.36. The molecule has 2 atom stereocenters. The molecule has 2 aliphatic rings. The van der Waals surface area contributed by atoms with Crippen molar-refractivity contribution in [3.05, 3.63) is 93.8 Å². The monoisotopic (exact) mass is 597 g/mol. The van der Waals surface area contributed by atoms with E-state index in [1.54, 1.807) is 41.0 Å². The number of ether oxygens (including phenoxy) is 1. The van der Waals surface area contributed by atoms with E-state index in [0.717, 1.165) is 10.2 Å². The molecule has 1 fully saturated rings. The van der Waals surface area contributed by atoms with Crippen molar-refractivity contribution in [1.29, 1.82) is 0 Å². The van der Waals surface area contributed by atoms with Crippen LogP contribution in [0.25, 0.3) is 16.9 Å². The molecule has 0 spiro atoms. The average molecular weight is 598 g/mol. The Balaban J connectivity index is 1.45. The van der Waals surface area contributed by atoms with Gasteiger partial charge in [-0.25, -0.2) is 13.5 Å². The quantitative estimate of drug-likeness (QED) is 0.354. The fraction of sp³-hybridized carbons (Fsp3) is 0.250. The Morgan fingerprint density at radius 1 is 1.15 bits per heavy atom. The third-order valence-electron chi connectivity index (χ3n) is 6.80. The van der Waals surface area contributed by atoms with Crippen LogP contribution in [0.1, 0.15) is 24.6 Å². The lowest BCUT2D eigenvalue weighted by Gasteiger charge is -2.27. The number of benzene rings is 2. The van der Waals surface area contributed by atoms with Crippen molar-refractivity contribution in [3.63, 3.8) is 0 Å². The second-order valence-electron chi connectivity index (χ2n) is 9.18. The molecule has 2 amide bonds. The molecular weight excluding hydrogens is 572 g/mol. The molecule has 2 aromatic carbocycles. The van der Waals surface area contributed by atoms with E-state index in [9.17, 15) is 18.4 Å². The van der Waals surface area contributed by atoms with Gasteiger partial charge < -0.3 is 20.3 Å². The number of hydrogen-bond donors (Lipinski definition) is 2. The number of carbonyl (C=O) groups excluding carboxylic acids is 2. The molecule has 8 nitrogen and oxygen atoms in total. The minimum Gasteiger partial charge on any atom is -0.390 e. The SMILES string of the molecule is CNC1=CC(CCN2C(=O)CO[C@H]2c2cn(-c3ccc(Br)cc3)nc2-c2ccc(F)cc2)=C(F)CC1NC=O. The smallest absolute Gasteiger partial charge is 0.250 e. The van der Waals surface area contributed by atoms with Crippen molar-refractivity contribution in [2.24, 2.45) is 0 Å². The summed E-state index contributed by atoms with van der Waals surface area (Å²) in [6.45, 7) is 0.0826. The van der Waals surface area contributed by atoms with E-state index in [2.05, 4.69) is 26.6 Å². The maximum absolute atomic E-state index is 14.9. The topological polar surface area (TPSA) is 88.5 Å². The zero-order valence-corrected chi connectivity index (χ0v) is 22.6. The van der Waals surface area contributed by atoms with Gasteiger partial charge in [-0.2, -0.15) is 5.10 Å². The van der Waals surface area contributed by atoms with E-state index >= 15 is 0 Å². The zero-order valence-electron chi connectivity index (χ0n) is 21.0. The van der Waals surface area contributed by atoms with Gasteiger partial charge in [0.1, 0.15) is 23.9 Å². The zero-order chi connectivity index (χ0) is 27.5. The number of aromatic nitrogens is 2. The van der Waals surface area contributed by atoms with E-state index in [1.807, 2.05) is 24.3 Å². The molecule has 1 saturated heterocycles. The first-order chi connectivity index (χ1) is 18.9. The lowest BCUT2D eigenvalue weighted by molar-refractivity contribution is -0.128. The third kappa shape index (κ3) is 5.64. The summed E-state index contributed by atoms with van der Waals surface area (Å²) in [5, 5.41) is 10.4. The summed E-state index contributed by atoms with van der Waals surface area (Å²) in [5.41, 5.74) is 3.78. The highest BCUT2D eigenvalue weighted by molar-refractivity contribution is 9.10. The van der Waals surface area contributed by atoms with E-state index < -0.39 is 12.3 Å². The van der Waals surface area contributed by atoms with Crippen LogP contribution in [-0.2, 0) is 14.3 Å². The van der Waals surface area contributed by atoms with Crippen molar-refractivity contribution < 1.29 is 23.1 Å². The van der Waals surface area contributed by atoms with Gasteiger partial charge in [0.15, 0.2) is 6.23 Å². The van der Waals surface area contributed by atoms with Crippen LogP contribution in [0, 0.1) is 5.82 Å². The largest absolute Gasteiger partial charge is 0.390 e. The highest BCUT2D eigenvalue weighted by atomic mass is 79.9. The predicted octanol–water partition coefficient (Wildman–Crippen LogP) is 4.53. The van der Waals surface area contributed by atoms with Gasteiger partial charge in [0, 0.05) is 47.5 Å². The first-order valence-corrected chi connectivity index (χ1v) is 13.2. The number of amides is 2. The van der Waals surface area contributed by atoms with Gasteiger partial charge in [-0.15, -0.1) is 0 Å². The summed E-state index contributed by atoms with van der Waals surface area (Å²) in [4.78, 5) is 25.4. The van der Waals surface area contributed by atoms with Crippen molar-refractivity contribution in [2.45, 2.75) is 25.1 Å². The van der Waals surface area contributed by atoms with Gasteiger partial charge >= 0.3 is 0 Å². The van der Waals surface area contributed by atoms with Crippen molar-refractivity contribution in [2.75, 3.05) is 20.2 Å². The molecular formula is C28H26BrF2N5O3. The second kappa shape index (κ2) is 11.5.